The molecule has 2 aromatic carbocycles. The smallest absolute Gasteiger partial charge is 0.266 e. The van der Waals surface area contributed by atoms with Crippen LogP contribution >= 0.6 is 0 Å². The van der Waals surface area contributed by atoms with Crippen LogP contribution in [0.2, 0.25) is 0 Å². The first-order valence-electron chi connectivity index (χ1n) is 6.37. The van der Waals surface area contributed by atoms with E-state index in [0.29, 0.717) is 5.69 Å². The highest BCUT2D eigenvalue weighted by Crippen LogP contribution is 2.28. The predicted octanol–water partition coefficient (Wildman–Crippen LogP) is 3.13. The van der Waals surface area contributed by atoms with Crippen molar-refractivity contribution in [2.45, 2.75) is 25.7 Å². The quantitative estimate of drug-likeness (QED) is 0.856. The van der Waals surface area contributed by atoms with Crippen LogP contribution in [0.3, 0.4) is 0 Å². The van der Waals surface area contributed by atoms with Crippen molar-refractivity contribution in [3.05, 3.63) is 52.8 Å². The van der Waals surface area contributed by atoms with Gasteiger partial charge >= 0.3 is 0 Å². The molecular formula is C15H17FN2O2S. The van der Waals surface area contributed by atoms with E-state index in [9.17, 15) is 12.8 Å². The largest absolute Gasteiger partial charge is 0.398 e. The Bertz CT molecular complexity index is 758. The minimum Gasteiger partial charge on any atom is -0.398 e. The van der Waals surface area contributed by atoms with E-state index in [-0.39, 0.29) is 5.69 Å². The van der Waals surface area contributed by atoms with Crippen molar-refractivity contribution in [1.29, 1.82) is 0 Å². The molecule has 2 aromatic rings. The minimum atomic E-state index is -4.08. The van der Waals surface area contributed by atoms with Gasteiger partial charge in [0.25, 0.3) is 10.0 Å². The number of anilines is 2. The minimum absolute atomic E-state index is 0.120. The Hall–Kier alpha value is -2.08. The zero-order chi connectivity index (χ0) is 15.8. The molecule has 0 unspecified atom stereocenters. The van der Waals surface area contributed by atoms with Crippen molar-refractivity contribution in [2.24, 2.45) is 0 Å². The maximum atomic E-state index is 13.8. The zero-order valence-electron chi connectivity index (χ0n) is 12.1. The summed E-state index contributed by atoms with van der Waals surface area (Å²) >= 11 is 0. The molecule has 0 aromatic heterocycles. The normalized spacial score (nSPS) is 11.4. The summed E-state index contributed by atoms with van der Waals surface area (Å²) < 4.78 is 41.1. The van der Waals surface area contributed by atoms with Gasteiger partial charge in [0.15, 0.2) is 0 Å². The van der Waals surface area contributed by atoms with Gasteiger partial charge in [-0.05, 0) is 44.0 Å². The van der Waals surface area contributed by atoms with Crippen molar-refractivity contribution in [2.75, 3.05) is 10.5 Å². The number of hydrogen-bond acceptors (Lipinski definition) is 3. The summed E-state index contributed by atoms with van der Waals surface area (Å²) in [5, 5.41) is 0. The average Bonchev–Trinajstić information content (AvgIpc) is 2.33. The van der Waals surface area contributed by atoms with Crippen molar-refractivity contribution in [3.8, 4) is 0 Å². The van der Waals surface area contributed by atoms with Crippen LogP contribution in [0.1, 0.15) is 16.7 Å². The summed E-state index contributed by atoms with van der Waals surface area (Å²) in [6.07, 6.45) is 0. The predicted molar refractivity (Wildman–Crippen MR) is 82.3 cm³/mol. The number of halogens is 1. The van der Waals surface area contributed by atoms with Crippen molar-refractivity contribution in [1.82, 2.24) is 0 Å². The lowest BCUT2D eigenvalue weighted by Crippen LogP contribution is -2.18. The van der Waals surface area contributed by atoms with Gasteiger partial charge in [-0.1, -0.05) is 23.8 Å². The lowest BCUT2D eigenvalue weighted by Gasteiger charge is -2.15. The van der Waals surface area contributed by atoms with E-state index < -0.39 is 20.7 Å². The third-order valence-electron chi connectivity index (χ3n) is 3.18. The van der Waals surface area contributed by atoms with Crippen LogP contribution in [-0.4, -0.2) is 8.42 Å². The van der Waals surface area contributed by atoms with Gasteiger partial charge in [0.05, 0.1) is 11.4 Å². The average molecular weight is 308 g/mol. The molecule has 0 aliphatic heterocycles. The van der Waals surface area contributed by atoms with Crippen molar-refractivity contribution in [3.63, 3.8) is 0 Å². The van der Waals surface area contributed by atoms with Crippen molar-refractivity contribution >= 4 is 21.4 Å². The van der Waals surface area contributed by atoms with E-state index in [1.807, 2.05) is 19.1 Å². The fourth-order valence-electron chi connectivity index (χ4n) is 2.34. The Kier molecular flexibility index (Phi) is 3.91. The second kappa shape index (κ2) is 5.37. The molecule has 112 valence electrons. The number of benzene rings is 2. The number of sulfonamides is 1. The fraction of sp³-hybridized carbons (Fsp3) is 0.200. The summed E-state index contributed by atoms with van der Waals surface area (Å²) in [7, 11) is -4.08. The van der Waals surface area contributed by atoms with Crippen LogP contribution in [0.5, 0.6) is 0 Å². The standard InChI is InChI=1S/C15H17FN2O2S/c1-9-7-10(2)14(11(3)8-9)18-21(19,20)15-12(16)5-4-6-13(15)17/h4-8,18H,17H2,1-3H3. The number of nitrogens with one attached hydrogen (secondary N) is 1. The molecule has 0 saturated carbocycles. The number of rotatable bonds is 3. The Morgan fingerprint density at radius 1 is 1.10 bits per heavy atom. The number of hydrogen-bond donors (Lipinski definition) is 2. The van der Waals surface area contributed by atoms with E-state index in [2.05, 4.69) is 4.72 Å². The SMILES string of the molecule is Cc1cc(C)c(NS(=O)(=O)c2c(N)cccc2F)c(C)c1. The Morgan fingerprint density at radius 3 is 2.19 bits per heavy atom. The Morgan fingerprint density at radius 2 is 1.67 bits per heavy atom. The molecule has 0 spiro atoms. The molecule has 0 fully saturated rings. The van der Waals surface area contributed by atoms with Gasteiger partial charge in [-0.25, -0.2) is 12.8 Å². The number of nitrogens with two attached hydrogens (primary N) is 1. The van der Waals surface area contributed by atoms with Crippen LogP contribution in [-0.2, 0) is 10.0 Å². The lowest BCUT2D eigenvalue weighted by molar-refractivity contribution is 0.571. The van der Waals surface area contributed by atoms with E-state index in [4.69, 9.17) is 5.73 Å². The summed E-state index contributed by atoms with van der Waals surface area (Å²) in [5.74, 6) is -0.870. The highest BCUT2D eigenvalue weighted by atomic mass is 32.2. The van der Waals surface area contributed by atoms with Crippen LogP contribution < -0.4 is 10.5 Å². The first-order valence-corrected chi connectivity index (χ1v) is 7.85. The van der Waals surface area contributed by atoms with Gasteiger partial charge in [-0.3, -0.25) is 4.72 Å². The highest BCUT2D eigenvalue weighted by Gasteiger charge is 2.23. The molecule has 0 atom stereocenters. The molecule has 2 rings (SSSR count). The van der Waals surface area contributed by atoms with Crippen LogP contribution in [0.4, 0.5) is 15.8 Å². The molecule has 0 bridgehead atoms. The molecular weight excluding hydrogens is 291 g/mol. The topological polar surface area (TPSA) is 72.2 Å². The van der Waals surface area contributed by atoms with Gasteiger partial charge < -0.3 is 5.73 Å². The summed E-state index contributed by atoms with van der Waals surface area (Å²) in [6, 6.07) is 7.50. The van der Waals surface area contributed by atoms with Gasteiger partial charge in [0.1, 0.15) is 10.7 Å². The highest BCUT2D eigenvalue weighted by molar-refractivity contribution is 7.93. The van der Waals surface area contributed by atoms with Crippen LogP contribution in [0.15, 0.2) is 35.2 Å². The second-order valence-corrected chi connectivity index (χ2v) is 6.66. The molecule has 21 heavy (non-hydrogen) atoms. The lowest BCUT2D eigenvalue weighted by atomic mass is 10.1. The Balaban J connectivity index is 2.53. The molecule has 6 heteroatoms. The van der Waals surface area contributed by atoms with Gasteiger partial charge in [-0.15, -0.1) is 0 Å². The molecule has 4 nitrogen and oxygen atoms in total. The molecule has 0 aliphatic carbocycles. The first-order chi connectivity index (χ1) is 9.72. The Labute approximate surface area is 123 Å². The second-order valence-electron chi connectivity index (χ2n) is 5.04. The van der Waals surface area contributed by atoms with Gasteiger partial charge in [0, 0.05) is 0 Å². The summed E-state index contributed by atoms with van der Waals surface area (Å²) in [6.45, 7) is 5.51. The van der Waals surface area contributed by atoms with Crippen LogP contribution in [0.25, 0.3) is 0 Å². The molecule has 0 amide bonds. The molecule has 0 aliphatic rings. The molecule has 0 radical (unpaired) electrons. The van der Waals surface area contributed by atoms with Crippen LogP contribution in [0, 0.1) is 26.6 Å². The number of aryl methyl sites for hydroxylation is 3. The van der Waals surface area contributed by atoms with Crippen molar-refractivity contribution < 1.29 is 12.8 Å². The molecule has 3 N–H and O–H groups in total. The van der Waals surface area contributed by atoms with E-state index in [0.717, 1.165) is 22.8 Å². The monoisotopic (exact) mass is 308 g/mol. The maximum Gasteiger partial charge on any atom is 0.266 e. The molecule has 0 saturated heterocycles. The van der Waals surface area contributed by atoms with E-state index >= 15 is 0 Å². The number of nitrogen functional groups attached to an aromatic ring is 1. The zero-order valence-corrected chi connectivity index (χ0v) is 12.9. The van der Waals surface area contributed by atoms with E-state index in [1.54, 1.807) is 13.8 Å². The van der Waals surface area contributed by atoms with E-state index in [1.165, 1.54) is 12.1 Å². The first kappa shape index (κ1) is 15.3. The molecule has 0 heterocycles. The van der Waals surface area contributed by atoms with Gasteiger partial charge in [0.2, 0.25) is 0 Å². The summed E-state index contributed by atoms with van der Waals surface area (Å²) in [5.41, 5.74) is 8.49. The fourth-order valence-corrected chi connectivity index (χ4v) is 3.73. The maximum absolute atomic E-state index is 13.8. The third kappa shape index (κ3) is 3.00. The summed E-state index contributed by atoms with van der Waals surface area (Å²) in [4.78, 5) is -0.524. The third-order valence-corrected chi connectivity index (χ3v) is 4.62. The van der Waals surface area contributed by atoms with Gasteiger partial charge in [-0.2, -0.15) is 0 Å².